The van der Waals surface area contributed by atoms with E-state index in [4.69, 9.17) is 0 Å². The molecule has 2 aliphatic carbocycles. The molecule has 4 nitrogen and oxygen atoms in total. The van der Waals surface area contributed by atoms with Gasteiger partial charge in [-0.05, 0) is 12.8 Å². The fourth-order valence-electron chi connectivity index (χ4n) is 3.65. The van der Waals surface area contributed by atoms with Crippen LogP contribution in [0.25, 0.3) is 0 Å². The molecule has 0 bridgehead atoms. The Balaban J connectivity index is 2.08. The molecular formula is C16H16O4. The van der Waals surface area contributed by atoms with Crippen LogP contribution in [-0.2, 0) is 4.79 Å². The molecule has 1 saturated carbocycles. The van der Waals surface area contributed by atoms with Crippen LogP contribution in [0.1, 0.15) is 52.8 Å². The van der Waals surface area contributed by atoms with Crippen molar-refractivity contribution < 1.29 is 19.5 Å². The number of carbonyl (C=O) groups is 3. The molecule has 0 radical (unpaired) electrons. The zero-order chi connectivity index (χ0) is 14.3. The maximum atomic E-state index is 12.5. The van der Waals surface area contributed by atoms with Crippen molar-refractivity contribution >= 4 is 17.5 Å². The summed E-state index contributed by atoms with van der Waals surface area (Å²) in [6, 6.07) is 6.66. The minimum absolute atomic E-state index is 0.310. The highest BCUT2D eigenvalue weighted by atomic mass is 16.4. The van der Waals surface area contributed by atoms with Crippen molar-refractivity contribution in [1.82, 2.24) is 0 Å². The quantitative estimate of drug-likeness (QED) is 0.840. The number of rotatable bonds is 2. The number of fused-ring (bicyclic) bond motifs is 1. The Morgan fingerprint density at radius 3 is 1.95 bits per heavy atom. The smallest absolute Gasteiger partial charge is 0.310 e. The van der Waals surface area contributed by atoms with E-state index in [1.807, 2.05) is 0 Å². The van der Waals surface area contributed by atoms with E-state index >= 15 is 0 Å². The van der Waals surface area contributed by atoms with Crippen LogP contribution in [0.5, 0.6) is 0 Å². The summed E-state index contributed by atoms with van der Waals surface area (Å²) in [5, 5.41) is 9.66. The van der Waals surface area contributed by atoms with Crippen molar-refractivity contribution in [3.63, 3.8) is 0 Å². The first-order valence-corrected chi connectivity index (χ1v) is 6.99. The van der Waals surface area contributed by atoms with E-state index < -0.39 is 17.3 Å². The number of carbonyl (C=O) groups excluding carboxylic acids is 2. The first-order chi connectivity index (χ1) is 9.58. The first-order valence-electron chi connectivity index (χ1n) is 6.99. The summed E-state index contributed by atoms with van der Waals surface area (Å²) >= 11 is 0. The van der Waals surface area contributed by atoms with Gasteiger partial charge in [0.25, 0.3) is 0 Å². The minimum Gasteiger partial charge on any atom is -0.481 e. The summed E-state index contributed by atoms with van der Waals surface area (Å²) in [6.07, 6.45) is 3.33. The Kier molecular flexibility index (Phi) is 2.96. The van der Waals surface area contributed by atoms with Crippen molar-refractivity contribution in [2.75, 3.05) is 0 Å². The van der Waals surface area contributed by atoms with Gasteiger partial charge in [-0.1, -0.05) is 43.5 Å². The van der Waals surface area contributed by atoms with E-state index in [9.17, 15) is 19.5 Å². The average molecular weight is 272 g/mol. The standard InChI is InChI=1S/C16H16O4/c17-13-10-6-2-3-7-11(10)14(18)12(13)16(15(19)20)8-4-1-5-9-16/h2-3,6-7,12H,1,4-5,8-9H2,(H,19,20). The molecular weight excluding hydrogens is 256 g/mol. The van der Waals surface area contributed by atoms with Gasteiger partial charge < -0.3 is 5.11 Å². The molecule has 1 N–H and O–H groups in total. The van der Waals surface area contributed by atoms with Crippen LogP contribution < -0.4 is 0 Å². The molecule has 1 aromatic rings. The number of benzene rings is 1. The topological polar surface area (TPSA) is 71.4 Å². The molecule has 0 aliphatic heterocycles. The Morgan fingerprint density at radius 2 is 1.50 bits per heavy atom. The fraction of sp³-hybridized carbons (Fsp3) is 0.438. The van der Waals surface area contributed by atoms with Gasteiger partial charge in [0.2, 0.25) is 0 Å². The zero-order valence-corrected chi connectivity index (χ0v) is 11.1. The molecule has 1 aromatic carbocycles. The van der Waals surface area contributed by atoms with Crippen molar-refractivity contribution in [1.29, 1.82) is 0 Å². The van der Waals surface area contributed by atoms with E-state index in [0.29, 0.717) is 24.0 Å². The van der Waals surface area contributed by atoms with Gasteiger partial charge >= 0.3 is 5.97 Å². The lowest BCUT2D eigenvalue weighted by Gasteiger charge is -2.36. The SMILES string of the molecule is O=C1c2ccccc2C(=O)C1C1(C(=O)O)CCCCC1. The lowest BCUT2D eigenvalue weighted by Crippen LogP contribution is -2.45. The molecule has 0 atom stereocenters. The van der Waals surface area contributed by atoms with Crippen molar-refractivity contribution in [2.24, 2.45) is 11.3 Å². The monoisotopic (exact) mass is 272 g/mol. The zero-order valence-electron chi connectivity index (χ0n) is 11.1. The molecule has 1 fully saturated rings. The molecule has 0 unspecified atom stereocenters. The molecule has 2 aliphatic rings. The molecule has 0 saturated heterocycles. The Hall–Kier alpha value is -1.97. The summed E-state index contributed by atoms with van der Waals surface area (Å²) in [6.45, 7) is 0. The van der Waals surface area contributed by atoms with Gasteiger partial charge in [0, 0.05) is 11.1 Å². The Morgan fingerprint density at radius 1 is 1.00 bits per heavy atom. The fourth-order valence-corrected chi connectivity index (χ4v) is 3.65. The van der Waals surface area contributed by atoms with Crippen LogP contribution in [0.2, 0.25) is 0 Å². The normalized spacial score (nSPS) is 21.8. The van der Waals surface area contributed by atoms with Gasteiger partial charge in [0.1, 0.15) is 5.92 Å². The van der Waals surface area contributed by atoms with Gasteiger partial charge in [-0.2, -0.15) is 0 Å². The number of Topliss-reactive ketones (excluding diaryl/α,β-unsaturated/α-hetero) is 2. The second kappa shape index (κ2) is 4.54. The lowest BCUT2D eigenvalue weighted by molar-refractivity contribution is -0.153. The molecule has 0 amide bonds. The first kappa shape index (κ1) is 13.0. The maximum Gasteiger partial charge on any atom is 0.310 e. The third-order valence-corrected chi connectivity index (χ3v) is 4.71. The van der Waals surface area contributed by atoms with Gasteiger partial charge in [-0.3, -0.25) is 14.4 Å². The minimum atomic E-state index is -1.20. The van der Waals surface area contributed by atoms with Gasteiger partial charge in [0.05, 0.1) is 5.41 Å². The van der Waals surface area contributed by atoms with E-state index in [1.54, 1.807) is 24.3 Å². The molecule has 4 heteroatoms. The maximum absolute atomic E-state index is 12.5. The predicted octanol–water partition coefficient (Wildman–Crippen LogP) is 2.72. The van der Waals surface area contributed by atoms with Gasteiger partial charge in [-0.15, -0.1) is 0 Å². The second-order valence-corrected chi connectivity index (χ2v) is 5.73. The number of ketones is 2. The van der Waals surface area contributed by atoms with Crippen molar-refractivity contribution in [3.8, 4) is 0 Å². The van der Waals surface area contributed by atoms with Crippen LogP contribution in [-0.4, -0.2) is 22.6 Å². The highest BCUT2D eigenvalue weighted by molar-refractivity contribution is 6.28. The van der Waals surface area contributed by atoms with Crippen LogP contribution >= 0.6 is 0 Å². The molecule has 0 aromatic heterocycles. The second-order valence-electron chi connectivity index (χ2n) is 5.73. The largest absolute Gasteiger partial charge is 0.481 e. The van der Waals surface area contributed by atoms with E-state index in [2.05, 4.69) is 0 Å². The van der Waals surface area contributed by atoms with Crippen LogP contribution in [0.15, 0.2) is 24.3 Å². The number of aliphatic carboxylic acids is 1. The summed E-state index contributed by atoms with van der Waals surface area (Å²) in [5.74, 6) is -2.65. The van der Waals surface area contributed by atoms with Crippen LogP contribution in [0.4, 0.5) is 0 Å². The highest BCUT2D eigenvalue weighted by Gasteiger charge is 2.56. The molecule has 0 spiro atoms. The van der Waals surface area contributed by atoms with E-state index in [1.165, 1.54) is 0 Å². The number of carboxylic acid groups (broad SMARTS) is 1. The predicted molar refractivity (Wildman–Crippen MR) is 71.7 cm³/mol. The van der Waals surface area contributed by atoms with Gasteiger partial charge in [0.15, 0.2) is 11.6 Å². The summed E-state index contributed by atoms with van der Waals surface area (Å²) in [7, 11) is 0. The third-order valence-electron chi connectivity index (χ3n) is 4.71. The molecule has 0 heterocycles. The van der Waals surface area contributed by atoms with Crippen LogP contribution in [0, 0.1) is 11.3 Å². The molecule has 104 valence electrons. The van der Waals surface area contributed by atoms with Crippen molar-refractivity contribution in [2.45, 2.75) is 32.1 Å². The number of carboxylic acids is 1. The van der Waals surface area contributed by atoms with E-state index in [-0.39, 0.29) is 11.6 Å². The summed E-state index contributed by atoms with van der Waals surface area (Å²) in [4.78, 5) is 36.9. The van der Waals surface area contributed by atoms with Crippen molar-refractivity contribution in [3.05, 3.63) is 35.4 Å². The van der Waals surface area contributed by atoms with Gasteiger partial charge in [-0.25, -0.2) is 0 Å². The molecule has 3 rings (SSSR count). The number of hydrogen-bond donors (Lipinski definition) is 1. The summed E-state index contributed by atoms with van der Waals surface area (Å²) < 4.78 is 0. The summed E-state index contributed by atoms with van der Waals surface area (Å²) in [5.41, 5.74) is -0.437. The van der Waals surface area contributed by atoms with E-state index in [0.717, 1.165) is 19.3 Å². The lowest BCUT2D eigenvalue weighted by atomic mass is 9.64. The van der Waals surface area contributed by atoms with Crippen LogP contribution in [0.3, 0.4) is 0 Å². The molecule has 20 heavy (non-hydrogen) atoms. The Labute approximate surface area is 116 Å². The number of hydrogen-bond acceptors (Lipinski definition) is 3. The highest BCUT2D eigenvalue weighted by Crippen LogP contribution is 2.48. The average Bonchev–Trinajstić information content (AvgIpc) is 2.72. The Bertz CT molecular complexity index is 561. The third kappa shape index (κ3) is 1.64.